The molecule has 0 N–H and O–H groups in total. The Morgan fingerprint density at radius 3 is 1.88 bits per heavy atom. The van der Waals surface area contributed by atoms with Crippen molar-refractivity contribution >= 4 is 84.6 Å². The highest BCUT2D eigenvalue weighted by Gasteiger charge is 2.38. The largest absolute Gasteiger partial charge is 0.135 e. The van der Waals surface area contributed by atoms with Crippen molar-refractivity contribution in [3.8, 4) is 22.3 Å². The first-order valence-electron chi connectivity index (χ1n) is 14.9. The highest BCUT2D eigenvalue weighted by atomic mass is 32.1. The van der Waals surface area contributed by atoms with Gasteiger partial charge in [-0.3, -0.25) is 0 Å². The summed E-state index contributed by atoms with van der Waals surface area (Å²) in [6.07, 6.45) is 0. The van der Waals surface area contributed by atoms with E-state index in [2.05, 4.69) is 135 Å². The van der Waals surface area contributed by atoms with E-state index < -0.39 is 0 Å². The molecule has 0 atom stereocenters. The van der Waals surface area contributed by atoms with Crippen LogP contribution in [-0.2, 0) is 5.41 Å². The Morgan fingerprint density at radius 1 is 0.442 bits per heavy atom. The Bertz CT molecular complexity index is 2640. The van der Waals surface area contributed by atoms with E-state index in [0.717, 1.165) is 0 Å². The minimum absolute atomic E-state index is 0.0525. The number of fused-ring (bicyclic) bond motifs is 15. The van der Waals surface area contributed by atoms with Gasteiger partial charge in [-0.25, -0.2) is 0 Å². The highest BCUT2D eigenvalue weighted by molar-refractivity contribution is 7.26. The maximum absolute atomic E-state index is 2.45. The van der Waals surface area contributed by atoms with Crippen molar-refractivity contribution < 1.29 is 0 Å². The van der Waals surface area contributed by atoms with E-state index in [0.29, 0.717) is 0 Å². The van der Waals surface area contributed by atoms with Crippen LogP contribution in [0.2, 0.25) is 0 Å². The van der Waals surface area contributed by atoms with E-state index in [4.69, 9.17) is 0 Å². The molecule has 10 rings (SSSR count). The molecule has 0 saturated carbocycles. The van der Waals surface area contributed by atoms with Crippen LogP contribution in [0.3, 0.4) is 0 Å². The zero-order valence-corrected chi connectivity index (χ0v) is 25.5. The molecule has 0 unspecified atom stereocenters. The molecule has 9 aromatic rings. The lowest BCUT2D eigenvalue weighted by molar-refractivity contribution is 0.666. The van der Waals surface area contributed by atoms with Gasteiger partial charge in [-0.2, -0.15) is 0 Å². The minimum atomic E-state index is -0.0525. The van der Waals surface area contributed by atoms with Crippen molar-refractivity contribution in [3.63, 3.8) is 0 Å². The highest BCUT2D eigenvalue weighted by Crippen LogP contribution is 2.56. The molecule has 0 nitrogen and oxygen atoms in total. The van der Waals surface area contributed by atoms with E-state index >= 15 is 0 Å². The van der Waals surface area contributed by atoms with Gasteiger partial charge in [0.05, 0.1) is 0 Å². The lowest BCUT2D eigenvalue weighted by Crippen LogP contribution is -2.15. The Balaban J connectivity index is 1.32. The summed E-state index contributed by atoms with van der Waals surface area (Å²) in [7, 11) is 0. The standard InChI is InChI=1S/C41H26S2/c1-41(2)32-13-7-5-12-28(32)38-29-17-20-36-39(37(29)26-10-3-4-11-27(26)40(38)41)31-22-24(16-19-35(31)43-36)23-15-18-34-30(21-23)25-9-6-8-14-33(25)42-34/h3-22H,1-2H3. The Hall–Kier alpha value is -4.50. The van der Waals surface area contributed by atoms with Crippen molar-refractivity contribution in [3.05, 3.63) is 132 Å². The molecule has 0 spiro atoms. The van der Waals surface area contributed by atoms with Crippen LogP contribution in [0.25, 0.3) is 84.1 Å². The molecule has 1 aliphatic rings. The summed E-state index contributed by atoms with van der Waals surface area (Å²) in [5.41, 5.74) is 8.19. The van der Waals surface area contributed by atoms with Crippen LogP contribution >= 0.6 is 22.7 Å². The van der Waals surface area contributed by atoms with Gasteiger partial charge in [0, 0.05) is 45.8 Å². The van der Waals surface area contributed by atoms with Crippen LogP contribution in [0.15, 0.2) is 121 Å². The van der Waals surface area contributed by atoms with E-state index in [-0.39, 0.29) is 5.41 Å². The van der Waals surface area contributed by atoms with E-state index in [9.17, 15) is 0 Å². The van der Waals surface area contributed by atoms with Crippen LogP contribution in [0.5, 0.6) is 0 Å². The first-order valence-corrected chi connectivity index (χ1v) is 16.6. The number of thiophene rings is 2. The van der Waals surface area contributed by atoms with Crippen molar-refractivity contribution in [1.82, 2.24) is 0 Å². The summed E-state index contributed by atoms with van der Waals surface area (Å²) in [6.45, 7) is 4.79. The quantitative estimate of drug-likeness (QED) is 0.169. The van der Waals surface area contributed by atoms with Gasteiger partial charge in [-0.05, 0) is 91.3 Å². The van der Waals surface area contributed by atoms with Gasteiger partial charge < -0.3 is 0 Å². The van der Waals surface area contributed by atoms with Gasteiger partial charge in [-0.15, -0.1) is 22.7 Å². The van der Waals surface area contributed by atoms with Gasteiger partial charge >= 0.3 is 0 Å². The summed E-state index contributed by atoms with van der Waals surface area (Å²) in [5.74, 6) is 0. The second-order valence-corrected chi connectivity index (χ2v) is 14.6. The summed E-state index contributed by atoms with van der Waals surface area (Å²) in [6, 6.07) is 45.8. The Morgan fingerprint density at radius 2 is 1.05 bits per heavy atom. The monoisotopic (exact) mass is 582 g/mol. The summed E-state index contributed by atoms with van der Waals surface area (Å²) in [5, 5.41) is 10.9. The van der Waals surface area contributed by atoms with E-state index in [1.807, 2.05) is 22.7 Å². The molecule has 0 saturated heterocycles. The van der Waals surface area contributed by atoms with Crippen molar-refractivity contribution in [2.45, 2.75) is 19.3 Å². The average molecular weight is 583 g/mol. The molecule has 202 valence electrons. The van der Waals surface area contributed by atoms with Crippen molar-refractivity contribution in [2.75, 3.05) is 0 Å². The molecule has 0 amide bonds. The van der Waals surface area contributed by atoms with Gasteiger partial charge in [0.2, 0.25) is 0 Å². The second kappa shape index (κ2) is 8.32. The smallest absolute Gasteiger partial charge is 0.0362 e. The van der Waals surface area contributed by atoms with E-state index in [1.165, 1.54) is 95.3 Å². The summed E-state index contributed by atoms with van der Waals surface area (Å²) in [4.78, 5) is 0. The van der Waals surface area contributed by atoms with Crippen molar-refractivity contribution in [1.29, 1.82) is 0 Å². The molecule has 0 bridgehead atoms. The molecule has 2 heterocycles. The second-order valence-electron chi connectivity index (χ2n) is 12.4. The van der Waals surface area contributed by atoms with Gasteiger partial charge in [0.15, 0.2) is 0 Å². The Labute approximate surface area is 257 Å². The van der Waals surface area contributed by atoms with Crippen LogP contribution < -0.4 is 0 Å². The first-order chi connectivity index (χ1) is 21.1. The average Bonchev–Trinajstić information content (AvgIpc) is 3.68. The fourth-order valence-electron chi connectivity index (χ4n) is 7.94. The summed E-state index contributed by atoms with van der Waals surface area (Å²) < 4.78 is 5.40. The molecule has 7 aromatic carbocycles. The SMILES string of the molecule is CC1(C)c2ccccc2-c2c1c1ccccc1c1c2ccc2sc3ccc(-c4ccc5sc6ccccc6c5c4)cc3c21. The van der Waals surface area contributed by atoms with Crippen LogP contribution in [-0.4, -0.2) is 0 Å². The molecule has 2 heteroatoms. The molecule has 1 aliphatic carbocycles. The third-order valence-corrected chi connectivity index (χ3v) is 12.1. The molecule has 43 heavy (non-hydrogen) atoms. The number of benzene rings is 7. The van der Waals surface area contributed by atoms with Gasteiger partial charge in [0.1, 0.15) is 0 Å². The zero-order chi connectivity index (χ0) is 28.4. The zero-order valence-electron chi connectivity index (χ0n) is 23.9. The van der Waals surface area contributed by atoms with Crippen molar-refractivity contribution in [2.24, 2.45) is 0 Å². The minimum Gasteiger partial charge on any atom is -0.135 e. The molecule has 0 aliphatic heterocycles. The normalized spacial score (nSPS) is 14.0. The molecule has 2 aromatic heterocycles. The Kier molecular flexibility index (Phi) is 4.64. The van der Waals surface area contributed by atoms with Gasteiger partial charge in [-0.1, -0.05) is 98.8 Å². The lowest BCUT2D eigenvalue weighted by atomic mass is 9.79. The maximum atomic E-state index is 2.45. The number of hydrogen-bond donors (Lipinski definition) is 0. The van der Waals surface area contributed by atoms with Crippen LogP contribution in [0.1, 0.15) is 25.0 Å². The third-order valence-electron chi connectivity index (χ3n) is 9.83. The first kappa shape index (κ1) is 24.0. The molecular weight excluding hydrogens is 557 g/mol. The van der Waals surface area contributed by atoms with Gasteiger partial charge in [0.25, 0.3) is 0 Å². The van der Waals surface area contributed by atoms with E-state index in [1.54, 1.807) is 0 Å². The maximum Gasteiger partial charge on any atom is 0.0362 e. The fourth-order valence-corrected chi connectivity index (χ4v) is 10.1. The summed E-state index contributed by atoms with van der Waals surface area (Å²) >= 11 is 3.80. The predicted octanol–water partition coefficient (Wildman–Crippen LogP) is 12.7. The molecule has 0 radical (unpaired) electrons. The third kappa shape index (κ3) is 3.10. The predicted molar refractivity (Wildman–Crippen MR) is 190 cm³/mol. The van der Waals surface area contributed by atoms with Crippen LogP contribution in [0.4, 0.5) is 0 Å². The molecular formula is C41H26S2. The number of hydrogen-bond acceptors (Lipinski definition) is 2. The number of rotatable bonds is 1. The van der Waals surface area contributed by atoms with Crippen LogP contribution in [0, 0.1) is 0 Å². The fraction of sp³-hybridized carbons (Fsp3) is 0.0732. The topological polar surface area (TPSA) is 0 Å². The molecule has 0 fully saturated rings. The lowest BCUT2D eigenvalue weighted by Gasteiger charge is -2.24.